The second-order valence-electron chi connectivity index (χ2n) is 5.42. The molecular weight excluding hydrogens is 315 g/mol. The molecule has 0 radical (unpaired) electrons. The smallest absolute Gasteiger partial charge is 0.257 e. The highest BCUT2D eigenvalue weighted by Crippen LogP contribution is 2.28. The number of benzene rings is 1. The number of carbonyl (C=O) groups excluding carboxylic acids is 2. The summed E-state index contributed by atoms with van der Waals surface area (Å²) in [4.78, 5) is 27.4. The lowest BCUT2D eigenvalue weighted by Gasteiger charge is -2.24. The van der Waals surface area contributed by atoms with Crippen LogP contribution < -0.4 is 5.32 Å². The van der Waals surface area contributed by atoms with Gasteiger partial charge < -0.3 is 10.2 Å². The molecule has 0 saturated carbocycles. The molecule has 1 unspecified atom stereocenters. The zero-order valence-corrected chi connectivity index (χ0v) is 14.3. The first-order valence-electron chi connectivity index (χ1n) is 7.20. The van der Waals surface area contributed by atoms with Crippen LogP contribution in [0.5, 0.6) is 0 Å². The molecule has 1 aromatic heterocycles. The van der Waals surface area contributed by atoms with Gasteiger partial charge in [0.05, 0.1) is 11.6 Å². The van der Waals surface area contributed by atoms with Crippen LogP contribution in [0, 0.1) is 12.7 Å². The summed E-state index contributed by atoms with van der Waals surface area (Å²) in [6.07, 6.45) is 0. The molecule has 0 fully saturated rings. The highest BCUT2D eigenvalue weighted by molar-refractivity contribution is 7.12. The van der Waals surface area contributed by atoms with Crippen molar-refractivity contribution >= 4 is 28.8 Å². The lowest BCUT2D eigenvalue weighted by atomic mass is 10.1. The van der Waals surface area contributed by atoms with E-state index in [0.29, 0.717) is 5.69 Å². The molecule has 4 nitrogen and oxygen atoms in total. The van der Waals surface area contributed by atoms with Crippen LogP contribution in [-0.4, -0.2) is 23.8 Å². The van der Waals surface area contributed by atoms with Gasteiger partial charge in [-0.15, -0.1) is 11.3 Å². The first-order chi connectivity index (χ1) is 10.8. The van der Waals surface area contributed by atoms with Crippen LogP contribution in [0.2, 0.25) is 0 Å². The topological polar surface area (TPSA) is 49.4 Å². The number of hydrogen-bond acceptors (Lipinski definition) is 3. The maximum Gasteiger partial charge on any atom is 0.257 e. The van der Waals surface area contributed by atoms with Crippen molar-refractivity contribution in [2.45, 2.75) is 26.8 Å². The molecule has 2 rings (SSSR count). The van der Waals surface area contributed by atoms with Crippen molar-refractivity contribution in [2.75, 3.05) is 12.4 Å². The Morgan fingerprint density at radius 2 is 1.96 bits per heavy atom. The van der Waals surface area contributed by atoms with Crippen molar-refractivity contribution in [3.63, 3.8) is 0 Å². The SMILES string of the molecule is CC(=O)Nc1ccc(F)c(C(=O)N(C)C(C)c2ccc(C)s2)c1. The molecule has 0 aliphatic heterocycles. The number of anilines is 1. The fourth-order valence-corrected chi connectivity index (χ4v) is 3.18. The summed E-state index contributed by atoms with van der Waals surface area (Å²) in [5.74, 6) is -1.30. The number of nitrogens with one attached hydrogen (secondary N) is 1. The van der Waals surface area contributed by atoms with Crippen molar-refractivity contribution in [1.29, 1.82) is 0 Å². The number of carbonyl (C=O) groups is 2. The monoisotopic (exact) mass is 334 g/mol. The number of hydrogen-bond donors (Lipinski definition) is 1. The molecule has 122 valence electrons. The second-order valence-corrected chi connectivity index (χ2v) is 6.74. The lowest BCUT2D eigenvalue weighted by Crippen LogP contribution is -2.30. The number of thiophene rings is 1. The molecule has 1 atom stereocenters. The van der Waals surface area contributed by atoms with E-state index in [0.717, 1.165) is 9.75 Å². The first-order valence-corrected chi connectivity index (χ1v) is 8.02. The molecule has 2 amide bonds. The molecule has 0 spiro atoms. The average Bonchev–Trinajstić information content (AvgIpc) is 2.93. The third-order valence-electron chi connectivity index (χ3n) is 3.59. The van der Waals surface area contributed by atoms with E-state index in [4.69, 9.17) is 0 Å². The Balaban J connectivity index is 2.26. The van der Waals surface area contributed by atoms with Crippen LogP contribution in [-0.2, 0) is 4.79 Å². The lowest BCUT2D eigenvalue weighted by molar-refractivity contribution is -0.114. The summed E-state index contributed by atoms with van der Waals surface area (Å²) in [5, 5.41) is 2.56. The van der Waals surface area contributed by atoms with E-state index in [1.165, 1.54) is 30.0 Å². The van der Waals surface area contributed by atoms with Gasteiger partial charge in [-0.25, -0.2) is 4.39 Å². The second kappa shape index (κ2) is 6.91. The van der Waals surface area contributed by atoms with Crippen LogP contribution in [0.3, 0.4) is 0 Å². The standard InChI is InChI=1S/C17H19FN2O2S/c1-10-5-8-16(23-10)11(2)20(4)17(22)14-9-13(19-12(3)21)6-7-15(14)18/h5-9,11H,1-4H3,(H,19,21). The van der Waals surface area contributed by atoms with E-state index in [2.05, 4.69) is 5.32 Å². The number of amides is 2. The van der Waals surface area contributed by atoms with Crippen molar-refractivity contribution in [3.8, 4) is 0 Å². The van der Waals surface area contributed by atoms with Gasteiger partial charge >= 0.3 is 0 Å². The number of halogens is 1. The Morgan fingerprint density at radius 3 is 2.52 bits per heavy atom. The van der Waals surface area contributed by atoms with Crippen molar-refractivity contribution in [3.05, 3.63) is 51.5 Å². The summed E-state index contributed by atoms with van der Waals surface area (Å²) >= 11 is 1.61. The highest BCUT2D eigenvalue weighted by atomic mass is 32.1. The summed E-state index contributed by atoms with van der Waals surface area (Å²) in [5.41, 5.74) is 0.342. The van der Waals surface area contributed by atoms with Gasteiger partial charge in [-0.3, -0.25) is 9.59 Å². The van der Waals surface area contributed by atoms with E-state index in [1.807, 2.05) is 26.0 Å². The van der Waals surface area contributed by atoms with Gasteiger partial charge in [0.25, 0.3) is 5.91 Å². The average molecular weight is 334 g/mol. The summed E-state index contributed by atoms with van der Waals surface area (Å²) < 4.78 is 14.0. The largest absolute Gasteiger partial charge is 0.334 e. The Kier molecular flexibility index (Phi) is 5.15. The first kappa shape index (κ1) is 17.1. The minimum atomic E-state index is -0.606. The van der Waals surface area contributed by atoms with E-state index in [-0.39, 0.29) is 17.5 Å². The molecule has 2 aromatic rings. The van der Waals surface area contributed by atoms with Gasteiger partial charge in [-0.1, -0.05) is 0 Å². The predicted molar refractivity (Wildman–Crippen MR) is 90.3 cm³/mol. The molecule has 1 N–H and O–H groups in total. The van der Waals surface area contributed by atoms with Gasteiger partial charge in [0, 0.05) is 29.4 Å². The van der Waals surface area contributed by atoms with E-state index < -0.39 is 11.7 Å². The highest BCUT2D eigenvalue weighted by Gasteiger charge is 2.23. The van der Waals surface area contributed by atoms with Crippen LogP contribution in [0.15, 0.2) is 30.3 Å². The number of nitrogens with zero attached hydrogens (tertiary/aromatic N) is 1. The van der Waals surface area contributed by atoms with Crippen molar-refractivity contribution in [2.24, 2.45) is 0 Å². The van der Waals surface area contributed by atoms with Gasteiger partial charge in [-0.2, -0.15) is 0 Å². The minimum Gasteiger partial charge on any atom is -0.334 e. The number of rotatable bonds is 4. The molecule has 6 heteroatoms. The fraction of sp³-hybridized carbons (Fsp3) is 0.294. The quantitative estimate of drug-likeness (QED) is 0.919. The summed E-state index contributed by atoms with van der Waals surface area (Å²) in [7, 11) is 1.65. The van der Waals surface area contributed by atoms with Crippen LogP contribution in [0.4, 0.5) is 10.1 Å². The van der Waals surface area contributed by atoms with Crippen LogP contribution >= 0.6 is 11.3 Å². The van der Waals surface area contributed by atoms with E-state index in [9.17, 15) is 14.0 Å². The molecule has 0 aliphatic carbocycles. The molecule has 0 aliphatic rings. The van der Waals surface area contributed by atoms with E-state index >= 15 is 0 Å². The van der Waals surface area contributed by atoms with Gasteiger partial charge in [0.15, 0.2) is 0 Å². The van der Waals surface area contributed by atoms with Crippen LogP contribution in [0.25, 0.3) is 0 Å². The maximum absolute atomic E-state index is 14.0. The Bertz CT molecular complexity index is 742. The normalized spacial score (nSPS) is 11.9. The minimum absolute atomic E-state index is 0.0566. The van der Waals surface area contributed by atoms with Gasteiger partial charge in [-0.05, 0) is 44.2 Å². The Morgan fingerprint density at radius 1 is 1.26 bits per heavy atom. The predicted octanol–water partition coefficient (Wildman–Crippen LogP) is 3.99. The van der Waals surface area contributed by atoms with Crippen molar-refractivity contribution in [1.82, 2.24) is 4.90 Å². The van der Waals surface area contributed by atoms with Gasteiger partial charge in [0.1, 0.15) is 5.82 Å². The summed E-state index contributed by atoms with van der Waals surface area (Å²) in [6, 6.07) is 7.78. The molecule has 23 heavy (non-hydrogen) atoms. The zero-order valence-electron chi connectivity index (χ0n) is 13.5. The summed E-state index contributed by atoms with van der Waals surface area (Å²) in [6.45, 7) is 5.26. The third-order valence-corrected chi connectivity index (χ3v) is 4.76. The van der Waals surface area contributed by atoms with Crippen LogP contribution in [0.1, 0.15) is 40.0 Å². The molecule has 1 aromatic carbocycles. The Labute approximate surface area is 138 Å². The molecular formula is C17H19FN2O2S. The molecule has 0 bridgehead atoms. The Hall–Kier alpha value is -2.21. The van der Waals surface area contributed by atoms with E-state index in [1.54, 1.807) is 18.4 Å². The molecule has 1 heterocycles. The van der Waals surface area contributed by atoms with Gasteiger partial charge in [0.2, 0.25) is 5.91 Å². The third kappa shape index (κ3) is 3.96. The fourth-order valence-electron chi connectivity index (χ4n) is 2.20. The molecule has 0 saturated heterocycles. The maximum atomic E-state index is 14.0. The van der Waals surface area contributed by atoms with Crippen molar-refractivity contribution < 1.29 is 14.0 Å². The zero-order chi connectivity index (χ0) is 17.1. The number of aryl methyl sites for hydroxylation is 1.